The van der Waals surface area contributed by atoms with Crippen molar-refractivity contribution in [3.63, 3.8) is 0 Å². The van der Waals surface area contributed by atoms with Crippen molar-refractivity contribution < 1.29 is 31.7 Å². The highest BCUT2D eigenvalue weighted by molar-refractivity contribution is 7.85. The molecule has 0 amide bonds. The normalized spacial score (nSPS) is 16.2. The standard InChI is InChI=1S/C32H58NO3.C7H8O3S/c1-2-3-4-5-6-7-8-9-10-11-12-15-19-24-32-35-30-31(36-32)29-34-28-23-17-14-13-16-20-25-33-26-21-18-22-27-33;1-6-2-4-7(5-3-6)11(8,9)10/h18,21-22,26-27,31-32H,2-17,19-20,23-25,28-30H2,1H3;2-5H,1H3,(H,8,9,10)/q+1;/p-1/t31-,32-;/m1./s1. The molecular weight excluding hydrogens is 610 g/mol. The maximum Gasteiger partial charge on any atom is 0.168 e. The Morgan fingerprint density at radius 1 is 0.745 bits per heavy atom. The van der Waals surface area contributed by atoms with Gasteiger partial charge in [-0.15, -0.1) is 0 Å². The van der Waals surface area contributed by atoms with Gasteiger partial charge in [-0.05, 0) is 44.7 Å². The van der Waals surface area contributed by atoms with Gasteiger partial charge in [0.2, 0.25) is 0 Å². The Morgan fingerprint density at radius 3 is 1.85 bits per heavy atom. The molecule has 7 nitrogen and oxygen atoms in total. The first kappa shape index (κ1) is 41.3. The average molecular weight is 676 g/mol. The lowest BCUT2D eigenvalue weighted by atomic mass is 10.0. The molecule has 0 N–H and O–H groups in total. The predicted molar refractivity (Wildman–Crippen MR) is 189 cm³/mol. The number of unbranched alkanes of at least 4 members (excludes halogenated alkanes) is 17. The molecule has 47 heavy (non-hydrogen) atoms. The molecule has 1 saturated heterocycles. The molecule has 1 aromatic heterocycles. The van der Waals surface area contributed by atoms with E-state index in [1.54, 1.807) is 12.1 Å². The molecule has 2 atom stereocenters. The van der Waals surface area contributed by atoms with E-state index in [9.17, 15) is 13.0 Å². The van der Waals surface area contributed by atoms with Gasteiger partial charge in [-0.3, -0.25) is 0 Å². The van der Waals surface area contributed by atoms with Crippen molar-refractivity contribution in [2.24, 2.45) is 0 Å². The fraction of sp³-hybridized carbons (Fsp3) is 0.718. The number of nitrogens with zero attached hydrogens (tertiary/aromatic N) is 1. The van der Waals surface area contributed by atoms with E-state index in [-0.39, 0.29) is 17.3 Å². The molecule has 8 heteroatoms. The van der Waals surface area contributed by atoms with Gasteiger partial charge in [0.15, 0.2) is 18.7 Å². The lowest BCUT2D eigenvalue weighted by molar-refractivity contribution is -0.697. The first-order valence-corrected chi connectivity index (χ1v) is 20.1. The van der Waals surface area contributed by atoms with Crippen molar-refractivity contribution in [3.8, 4) is 0 Å². The van der Waals surface area contributed by atoms with Crippen molar-refractivity contribution in [2.75, 3.05) is 19.8 Å². The number of hydrogen-bond acceptors (Lipinski definition) is 6. The van der Waals surface area contributed by atoms with Crippen molar-refractivity contribution in [1.29, 1.82) is 0 Å². The second-order valence-electron chi connectivity index (χ2n) is 13.1. The molecule has 0 unspecified atom stereocenters. The summed E-state index contributed by atoms with van der Waals surface area (Å²) >= 11 is 0. The van der Waals surface area contributed by atoms with Gasteiger partial charge in [-0.2, -0.15) is 0 Å². The summed E-state index contributed by atoms with van der Waals surface area (Å²) in [6.07, 6.45) is 31.2. The fourth-order valence-corrected chi connectivity index (χ4v) is 6.25. The fourth-order valence-electron chi connectivity index (χ4n) is 5.78. The third-order valence-electron chi connectivity index (χ3n) is 8.70. The largest absolute Gasteiger partial charge is 0.744 e. The number of benzene rings is 1. The summed E-state index contributed by atoms with van der Waals surface area (Å²) < 4.78 is 51.2. The van der Waals surface area contributed by atoms with E-state index in [1.165, 1.54) is 128 Å². The second kappa shape index (κ2) is 27.0. The molecule has 1 fully saturated rings. The van der Waals surface area contributed by atoms with E-state index in [0.717, 1.165) is 31.6 Å². The van der Waals surface area contributed by atoms with E-state index in [4.69, 9.17) is 14.2 Å². The summed E-state index contributed by atoms with van der Waals surface area (Å²) in [5.74, 6) is 0. The topological polar surface area (TPSA) is 88.8 Å². The van der Waals surface area contributed by atoms with Gasteiger partial charge < -0.3 is 18.8 Å². The zero-order chi connectivity index (χ0) is 33.8. The van der Waals surface area contributed by atoms with Gasteiger partial charge in [0, 0.05) is 25.2 Å². The third-order valence-corrected chi connectivity index (χ3v) is 9.55. The average Bonchev–Trinajstić information content (AvgIpc) is 3.52. The molecule has 2 heterocycles. The number of pyridine rings is 1. The van der Waals surface area contributed by atoms with Crippen LogP contribution in [0.5, 0.6) is 0 Å². The molecule has 0 radical (unpaired) electrons. The number of rotatable bonds is 26. The van der Waals surface area contributed by atoms with Gasteiger partial charge in [-0.25, -0.2) is 13.0 Å². The van der Waals surface area contributed by atoms with Gasteiger partial charge in [0.05, 0.1) is 18.1 Å². The molecule has 0 aliphatic carbocycles. The van der Waals surface area contributed by atoms with Crippen LogP contribution in [0.15, 0.2) is 59.8 Å². The van der Waals surface area contributed by atoms with E-state index >= 15 is 0 Å². The van der Waals surface area contributed by atoms with Crippen LogP contribution in [-0.4, -0.2) is 45.2 Å². The summed E-state index contributed by atoms with van der Waals surface area (Å²) in [5, 5.41) is 0. The van der Waals surface area contributed by atoms with Crippen LogP contribution in [0.1, 0.15) is 141 Å². The van der Waals surface area contributed by atoms with Crippen LogP contribution >= 0.6 is 0 Å². The van der Waals surface area contributed by atoms with Crippen LogP contribution < -0.4 is 4.57 Å². The lowest BCUT2D eigenvalue weighted by Crippen LogP contribution is -2.32. The van der Waals surface area contributed by atoms with Gasteiger partial charge >= 0.3 is 0 Å². The molecule has 0 spiro atoms. The second-order valence-corrected chi connectivity index (χ2v) is 14.5. The predicted octanol–water partition coefficient (Wildman–Crippen LogP) is 9.45. The van der Waals surface area contributed by atoms with Crippen molar-refractivity contribution in [3.05, 3.63) is 60.4 Å². The summed E-state index contributed by atoms with van der Waals surface area (Å²) in [7, 11) is -4.27. The Bertz CT molecular complexity index is 1100. The molecular formula is C39H65NO6S. The summed E-state index contributed by atoms with van der Waals surface area (Å²) in [6, 6.07) is 12.1. The van der Waals surface area contributed by atoms with E-state index < -0.39 is 10.1 Å². The van der Waals surface area contributed by atoms with Crippen LogP contribution in [0, 0.1) is 6.92 Å². The Kier molecular flexibility index (Phi) is 23.8. The number of ether oxygens (including phenoxy) is 3. The third kappa shape index (κ3) is 22.4. The van der Waals surface area contributed by atoms with Crippen molar-refractivity contribution in [2.45, 2.75) is 166 Å². The Balaban J connectivity index is 0.000000587. The quantitative estimate of drug-likeness (QED) is 0.0561. The van der Waals surface area contributed by atoms with E-state index in [2.05, 4.69) is 42.1 Å². The molecule has 0 saturated carbocycles. The van der Waals surface area contributed by atoms with Gasteiger partial charge in [0.1, 0.15) is 22.8 Å². The maximum absolute atomic E-state index is 10.4. The van der Waals surface area contributed by atoms with Crippen molar-refractivity contribution in [1.82, 2.24) is 0 Å². The van der Waals surface area contributed by atoms with Crippen LogP contribution in [0.25, 0.3) is 0 Å². The summed E-state index contributed by atoms with van der Waals surface area (Å²) in [4.78, 5) is -0.178. The van der Waals surface area contributed by atoms with Crippen LogP contribution in [0.2, 0.25) is 0 Å². The highest BCUT2D eigenvalue weighted by atomic mass is 32.2. The summed E-state index contributed by atoms with van der Waals surface area (Å²) in [5.41, 5.74) is 0.928. The van der Waals surface area contributed by atoms with Crippen LogP contribution in [-0.2, 0) is 30.9 Å². The molecule has 3 rings (SSSR count). The van der Waals surface area contributed by atoms with E-state index in [0.29, 0.717) is 13.2 Å². The minimum Gasteiger partial charge on any atom is -0.744 e. The minimum absolute atomic E-state index is 0.000331. The Morgan fingerprint density at radius 2 is 1.28 bits per heavy atom. The molecule has 1 aliphatic rings. The van der Waals surface area contributed by atoms with Gasteiger partial charge in [0.25, 0.3) is 0 Å². The molecule has 1 aliphatic heterocycles. The van der Waals surface area contributed by atoms with Gasteiger partial charge in [-0.1, -0.05) is 127 Å². The maximum atomic E-state index is 10.4. The number of aromatic nitrogens is 1. The Hall–Kier alpha value is -1.84. The zero-order valence-electron chi connectivity index (χ0n) is 29.6. The molecule has 2 aromatic rings. The molecule has 1 aromatic carbocycles. The van der Waals surface area contributed by atoms with Crippen LogP contribution in [0.3, 0.4) is 0 Å². The zero-order valence-corrected chi connectivity index (χ0v) is 30.4. The highest BCUT2D eigenvalue weighted by Crippen LogP contribution is 2.19. The summed E-state index contributed by atoms with van der Waals surface area (Å²) in [6.45, 7) is 7.48. The number of hydrogen-bond donors (Lipinski definition) is 0. The monoisotopic (exact) mass is 675 g/mol. The first-order chi connectivity index (χ1) is 22.9. The molecule has 0 bridgehead atoms. The van der Waals surface area contributed by atoms with Crippen molar-refractivity contribution >= 4 is 10.1 Å². The molecule has 268 valence electrons. The highest BCUT2D eigenvalue weighted by Gasteiger charge is 2.25. The van der Waals surface area contributed by atoms with Crippen LogP contribution in [0.4, 0.5) is 0 Å². The lowest BCUT2D eigenvalue weighted by Gasteiger charge is -2.12. The SMILES string of the molecule is CCCCCCCCCCCCCCC[C@@H]1OC[C@@H](COCCCCCCCC[n+]2ccccc2)O1.Cc1ccc(S(=O)(=O)[O-])cc1. The Labute approximate surface area is 287 Å². The number of aryl methyl sites for hydroxylation is 2. The smallest absolute Gasteiger partial charge is 0.168 e. The minimum atomic E-state index is -4.27. The van der Waals surface area contributed by atoms with E-state index in [1.807, 2.05) is 6.92 Å². The first-order valence-electron chi connectivity index (χ1n) is 18.7.